The Bertz CT molecular complexity index is 3070. The molecule has 7 aromatic carbocycles. The Hall–Kier alpha value is -7.18. The van der Waals surface area contributed by atoms with Crippen molar-refractivity contribution in [3.8, 4) is 39.7 Å². The Morgan fingerprint density at radius 2 is 1.04 bits per heavy atom. The molecule has 0 spiro atoms. The average molecular weight is 666 g/mol. The molecule has 4 heterocycles. The summed E-state index contributed by atoms with van der Waals surface area (Å²) < 4.78 is 8.67. The summed E-state index contributed by atoms with van der Waals surface area (Å²) in [5, 5.41) is 9.11. The van der Waals surface area contributed by atoms with Gasteiger partial charge in [-0.15, -0.1) is 0 Å². The van der Waals surface area contributed by atoms with Gasteiger partial charge < -0.3 is 8.98 Å². The van der Waals surface area contributed by atoms with E-state index in [9.17, 15) is 0 Å². The molecule has 0 aliphatic carbocycles. The maximum atomic E-state index is 6.41. The van der Waals surface area contributed by atoms with Gasteiger partial charge >= 0.3 is 0 Å². The third-order valence-corrected chi connectivity index (χ3v) is 10.1. The Balaban J connectivity index is 1.10. The highest BCUT2D eigenvalue weighted by atomic mass is 16.3. The molecule has 6 nitrogen and oxygen atoms in total. The van der Waals surface area contributed by atoms with E-state index in [0.29, 0.717) is 17.4 Å². The lowest BCUT2D eigenvalue weighted by atomic mass is 10.00. The summed E-state index contributed by atoms with van der Waals surface area (Å²) >= 11 is 0. The monoisotopic (exact) mass is 665 g/mol. The second-order valence-corrected chi connectivity index (χ2v) is 13.1. The fourth-order valence-corrected chi connectivity index (χ4v) is 7.77. The molecule has 0 aliphatic heterocycles. The van der Waals surface area contributed by atoms with Gasteiger partial charge in [0.25, 0.3) is 0 Å². The summed E-state index contributed by atoms with van der Waals surface area (Å²) in [4.78, 5) is 19.8. The van der Waals surface area contributed by atoms with E-state index in [1.54, 1.807) is 0 Å². The highest BCUT2D eigenvalue weighted by Gasteiger charge is 2.21. The fourth-order valence-electron chi connectivity index (χ4n) is 7.77. The van der Waals surface area contributed by atoms with Crippen LogP contribution in [0.2, 0.25) is 0 Å². The second-order valence-electron chi connectivity index (χ2n) is 13.1. The van der Waals surface area contributed by atoms with Crippen molar-refractivity contribution >= 4 is 65.4 Å². The summed E-state index contributed by atoms with van der Waals surface area (Å²) in [6.45, 7) is 0. The van der Waals surface area contributed by atoms with Crippen LogP contribution < -0.4 is 0 Å². The molecule has 0 aliphatic rings. The van der Waals surface area contributed by atoms with Crippen LogP contribution in [0.3, 0.4) is 0 Å². The number of hydrogen-bond acceptors (Lipinski definition) is 5. The standard InChI is InChI=1S/C46H27N5O/c1-3-11-28(12-4-1)32-21-24-39-36(25-32)42-43(31-15-5-2-6-16-31)49-45(50-46(42)52-39)44-47-26-33(27-48-44)51-37-22-19-29-13-7-9-17-34(29)40(37)41-35-18-10-8-14-30(35)20-23-38(41)51/h1-27H. The highest BCUT2D eigenvalue weighted by molar-refractivity contribution is 6.28. The lowest BCUT2D eigenvalue weighted by molar-refractivity contribution is 0.653. The first kappa shape index (κ1) is 28.6. The number of rotatable bonds is 4. The summed E-state index contributed by atoms with van der Waals surface area (Å²) in [5.41, 5.74) is 8.28. The van der Waals surface area contributed by atoms with Crippen molar-refractivity contribution < 1.29 is 4.42 Å². The van der Waals surface area contributed by atoms with Gasteiger partial charge in [-0.1, -0.05) is 127 Å². The Morgan fingerprint density at radius 1 is 0.442 bits per heavy atom. The lowest BCUT2D eigenvalue weighted by Gasteiger charge is -2.09. The van der Waals surface area contributed by atoms with Gasteiger partial charge in [-0.2, -0.15) is 4.98 Å². The molecule has 0 fully saturated rings. The minimum atomic E-state index is 0.402. The van der Waals surface area contributed by atoms with Gasteiger partial charge in [0.05, 0.1) is 40.2 Å². The molecule has 0 amide bonds. The van der Waals surface area contributed by atoms with Crippen LogP contribution in [-0.4, -0.2) is 24.5 Å². The van der Waals surface area contributed by atoms with Crippen molar-refractivity contribution in [1.29, 1.82) is 0 Å². The van der Waals surface area contributed by atoms with Crippen molar-refractivity contribution in [3.05, 3.63) is 164 Å². The minimum Gasteiger partial charge on any atom is -0.438 e. The molecule has 11 rings (SSSR count). The number of nitrogens with zero attached hydrogens (tertiary/aromatic N) is 5. The third-order valence-electron chi connectivity index (χ3n) is 10.1. The normalized spacial score (nSPS) is 11.8. The van der Waals surface area contributed by atoms with Gasteiger partial charge in [0.2, 0.25) is 11.5 Å². The summed E-state index contributed by atoms with van der Waals surface area (Å²) in [6.07, 6.45) is 3.73. The van der Waals surface area contributed by atoms with Crippen molar-refractivity contribution in [2.45, 2.75) is 0 Å². The Labute approximate surface area is 297 Å². The quantitative estimate of drug-likeness (QED) is 0.187. The van der Waals surface area contributed by atoms with Crippen molar-refractivity contribution in [2.24, 2.45) is 0 Å². The van der Waals surface area contributed by atoms with E-state index in [4.69, 9.17) is 24.4 Å². The fraction of sp³-hybridized carbons (Fsp3) is 0. The minimum absolute atomic E-state index is 0.402. The van der Waals surface area contributed by atoms with E-state index in [0.717, 1.165) is 55.5 Å². The molecule has 0 N–H and O–H groups in total. The molecule has 11 aromatic rings. The molecule has 0 unspecified atom stereocenters. The van der Waals surface area contributed by atoms with Gasteiger partial charge in [-0.05, 0) is 56.9 Å². The van der Waals surface area contributed by atoms with Crippen LogP contribution in [0.15, 0.2) is 168 Å². The van der Waals surface area contributed by atoms with E-state index in [2.05, 4.69) is 114 Å². The molecular weight excluding hydrogens is 639 g/mol. The first-order valence-electron chi connectivity index (χ1n) is 17.3. The Morgan fingerprint density at radius 3 is 1.69 bits per heavy atom. The van der Waals surface area contributed by atoms with Gasteiger partial charge in [-0.25, -0.2) is 15.0 Å². The molecule has 4 aromatic heterocycles. The lowest BCUT2D eigenvalue weighted by Crippen LogP contribution is -2.01. The average Bonchev–Trinajstić information content (AvgIpc) is 3.77. The molecule has 242 valence electrons. The molecule has 6 heteroatoms. The Kier molecular flexibility index (Phi) is 6.15. The van der Waals surface area contributed by atoms with Gasteiger partial charge in [0.15, 0.2) is 5.82 Å². The van der Waals surface area contributed by atoms with E-state index in [1.165, 1.54) is 32.3 Å². The molecule has 0 bridgehead atoms. The van der Waals surface area contributed by atoms with Gasteiger partial charge in [-0.3, -0.25) is 0 Å². The van der Waals surface area contributed by atoms with E-state index < -0.39 is 0 Å². The molecule has 0 radical (unpaired) electrons. The van der Waals surface area contributed by atoms with E-state index >= 15 is 0 Å². The maximum Gasteiger partial charge on any atom is 0.231 e. The molecule has 0 saturated heterocycles. The van der Waals surface area contributed by atoms with Crippen LogP contribution in [0.25, 0.3) is 105 Å². The second kappa shape index (κ2) is 11.2. The van der Waals surface area contributed by atoms with Crippen LogP contribution in [0.1, 0.15) is 0 Å². The zero-order valence-corrected chi connectivity index (χ0v) is 27.7. The zero-order chi connectivity index (χ0) is 34.2. The summed E-state index contributed by atoms with van der Waals surface area (Å²) in [7, 11) is 0. The number of furan rings is 1. The predicted molar refractivity (Wildman–Crippen MR) is 211 cm³/mol. The van der Waals surface area contributed by atoms with E-state index in [1.807, 2.05) is 54.9 Å². The van der Waals surface area contributed by atoms with Gasteiger partial charge in [0.1, 0.15) is 5.58 Å². The molecule has 0 saturated carbocycles. The first-order chi connectivity index (χ1) is 25.8. The first-order valence-corrected chi connectivity index (χ1v) is 17.3. The molecule has 0 atom stereocenters. The van der Waals surface area contributed by atoms with Crippen LogP contribution in [0.4, 0.5) is 0 Å². The van der Waals surface area contributed by atoms with Crippen LogP contribution in [0, 0.1) is 0 Å². The van der Waals surface area contributed by atoms with Crippen molar-refractivity contribution in [3.63, 3.8) is 0 Å². The summed E-state index contributed by atoms with van der Waals surface area (Å²) in [5.74, 6) is 0.824. The third kappa shape index (κ3) is 4.31. The van der Waals surface area contributed by atoms with Crippen LogP contribution in [0.5, 0.6) is 0 Å². The highest BCUT2D eigenvalue weighted by Crippen LogP contribution is 2.41. The van der Waals surface area contributed by atoms with E-state index in [-0.39, 0.29) is 0 Å². The topological polar surface area (TPSA) is 69.6 Å². The van der Waals surface area contributed by atoms with Crippen LogP contribution in [-0.2, 0) is 0 Å². The molecule has 52 heavy (non-hydrogen) atoms. The zero-order valence-electron chi connectivity index (χ0n) is 27.7. The van der Waals surface area contributed by atoms with Gasteiger partial charge in [0, 0.05) is 21.7 Å². The molecular formula is C46H27N5O. The summed E-state index contributed by atoms with van der Waals surface area (Å²) in [6, 6.07) is 52.7. The largest absolute Gasteiger partial charge is 0.438 e. The number of aromatic nitrogens is 5. The number of fused-ring (bicyclic) bond motifs is 10. The smallest absolute Gasteiger partial charge is 0.231 e. The van der Waals surface area contributed by atoms with Crippen LogP contribution >= 0.6 is 0 Å². The SMILES string of the molecule is c1ccc(-c2ccc3oc4nc(-c5ncc(-n6c7ccc8ccccc8c7c7c8ccccc8ccc76)cn5)nc(-c5ccccc5)c4c3c2)cc1. The number of benzene rings is 7. The predicted octanol–water partition coefficient (Wildman–Crippen LogP) is 11.6. The maximum absolute atomic E-state index is 6.41. The van der Waals surface area contributed by atoms with Crippen molar-refractivity contribution in [1.82, 2.24) is 24.5 Å². The number of hydrogen-bond donors (Lipinski definition) is 0. The van der Waals surface area contributed by atoms with Crippen molar-refractivity contribution in [2.75, 3.05) is 0 Å².